The smallest absolute Gasteiger partial charge is 0.249 e. The highest BCUT2D eigenvalue weighted by atomic mass is 16.2. The molecule has 2 amide bonds. The molecule has 0 aromatic heterocycles. The molecule has 1 aliphatic rings. The van der Waals surface area contributed by atoms with Crippen molar-refractivity contribution >= 4 is 11.8 Å². The van der Waals surface area contributed by atoms with Crippen LogP contribution in [-0.2, 0) is 9.59 Å². The van der Waals surface area contributed by atoms with Crippen LogP contribution in [0.25, 0.3) is 0 Å². The van der Waals surface area contributed by atoms with Crippen LogP contribution < -0.4 is 5.32 Å². The number of piperazine rings is 1. The minimum Gasteiger partial charge on any atom is -0.340 e. The lowest BCUT2D eigenvalue weighted by atomic mass is 9.85. The highest BCUT2D eigenvalue weighted by molar-refractivity contribution is 6.00. The van der Waals surface area contributed by atoms with E-state index >= 15 is 0 Å². The van der Waals surface area contributed by atoms with E-state index in [1.165, 1.54) is 0 Å². The molecule has 0 saturated carbocycles. The fourth-order valence-electron chi connectivity index (χ4n) is 2.78. The maximum absolute atomic E-state index is 12.8. The first-order valence-corrected chi connectivity index (χ1v) is 7.05. The molecule has 2 atom stereocenters. The quantitative estimate of drug-likeness (QED) is 0.768. The maximum atomic E-state index is 12.8. The van der Waals surface area contributed by atoms with Gasteiger partial charge in [-0.25, -0.2) is 0 Å². The summed E-state index contributed by atoms with van der Waals surface area (Å²) in [5.74, 6) is 2.53. The van der Waals surface area contributed by atoms with Crippen LogP contribution in [0.3, 0.4) is 0 Å². The molecule has 4 heteroatoms. The van der Waals surface area contributed by atoms with Crippen molar-refractivity contribution in [3.63, 3.8) is 0 Å². The molecule has 1 saturated heterocycles. The molecule has 0 radical (unpaired) electrons. The Labute approximate surface area is 115 Å². The minimum atomic E-state index is -0.758. The Morgan fingerprint density at radius 1 is 1.37 bits per heavy atom. The van der Waals surface area contributed by atoms with Gasteiger partial charge in [0.05, 0.1) is 0 Å². The number of nitrogens with one attached hydrogen (secondary N) is 1. The zero-order valence-corrected chi connectivity index (χ0v) is 12.3. The number of terminal acetylenes is 1. The van der Waals surface area contributed by atoms with Crippen molar-refractivity contribution in [3.8, 4) is 12.3 Å². The molecule has 1 rings (SSSR count). The largest absolute Gasteiger partial charge is 0.340 e. The van der Waals surface area contributed by atoms with Gasteiger partial charge in [0.25, 0.3) is 0 Å². The van der Waals surface area contributed by atoms with Gasteiger partial charge in [0.2, 0.25) is 11.8 Å². The van der Waals surface area contributed by atoms with Crippen molar-refractivity contribution in [2.75, 3.05) is 0 Å². The number of hydrogen-bond donors (Lipinski definition) is 1. The Kier molecular flexibility index (Phi) is 4.99. The average molecular weight is 264 g/mol. The van der Waals surface area contributed by atoms with E-state index in [1.807, 2.05) is 27.7 Å². The Balaban J connectivity index is 3.17. The van der Waals surface area contributed by atoms with Gasteiger partial charge in [0.1, 0.15) is 11.6 Å². The van der Waals surface area contributed by atoms with Crippen LogP contribution >= 0.6 is 0 Å². The molecule has 0 aliphatic carbocycles. The van der Waals surface area contributed by atoms with Crippen molar-refractivity contribution in [2.45, 2.75) is 71.0 Å². The number of carbonyl (C=O) groups excluding carboxylic acids is 2. The van der Waals surface area contributed by atoms with E-state index in [-0.39, 0.29) is 17.9 Å². The van der Waals surface area contributed by atoms with Gasteiger partial charge >= 0.3 is 0 Å². The van der Waals surface area contributed by atoms with Crippen LogP contribution in [0.5, 0.6) is 0 Å². The number of hydrogen-bond acceptors (Lipinski definition) is 2. The van der Waals surface area contributed by atoms with Crippen LogP contribution in [0.2, 0.25) is 0 Å². The summed E-state index contributed by atoms with van der Waals surface area (Å²) in [6, 6.07) is -0.506. The highest BCUT2D eigenvalue weighted by Gasteiger charge is 2.49. The summed E-state index contributed by atoms with van der Waals surface area (Å²) in [6.07, 6.45) is 7.63. The molecule has 0 aromatic carbocycles. The van der Waals surface area contributed by atoms with E-state index in [1.54, 1.807) is 4.90 Å². The predicted octanol–water partition coefficient (Wildman–Crippen LogP) is 1.69. The molecular weight excluding hydrogens is 240 g/mol. The predicted molar refractivity (Wildman–Crippen MR) is 75.3 cm³/mol. The Bertz CT molecular complexity index is 393. The van der Waals surface area contributed by atoms with Gasteiger partial charge in [-0.05, 0) is 26.2 Å². The fraction of sp³-hybridized carbons (Fsp3) is 0.733. The van der Waals surface area contributed by atoms with Crippen LogP contribution in [-0.4, -0.2) is 34.3 Å². The van der Waals surface area contributed by atoms with Gasteiger partial charge in [-0.2, -0.15) is 0 Å². The number of rotatable bonds is 5. The molecule has 2 unspecified atom stereocenters. The third kappa shape index (κ3) is 2.60. The molecule has 0 spiro atoms. The molecule has 4 nitrogen and oxygen atoms in total. The van der Waals surface area contributed by atoms with E-state index < -0.39 is 11.6 Å². The summed E-state index contributed by atoms with van der Waals surface area (Å²) in [6.45, 7) is 7.68. The van der Waals surface area contributed by atoms with Gasteiger partial charge in [-0.3, -0.25) is 9.59 Å². The van der Waals surface area contributed by atoms with Gasteiger partial charge in [0, 0.05) is 12.5 Å². The summed E-state index contributed by atoms with van der Waals surface area (Å²) in [4.78, 5) is 26.8. The third-order valence-electron chi connectivity index (χ3n) is 4.13. The Morgan fingerprint density at radius 2 is 1.95 bits per heavy atom. The van der Waals surface area contributed by atoms with Gasteiger partial charge in [-0.1, -0.05) is 20.8 Å². The number of nitrogens with zero attached hydrogens (tertiary/aromatic N) is 1. The third-order valence-corrected chi connectivity index (χ3v) is 4.13. The molecule has 19 heavy (non-hydrogen) atoms. The van der Waals surface area contributed by atoms with Crippen LogP contribution in [0.15, 0.2) is 0 Å². The van der Waals surface area contributed by atoms with E-state index in [9.17, 15) is 9.59 Å². The second-order valence-corrected chi connectivity index (χ2v) is 5.17. The van der Waals surface area contributed by atoms with Gasteiger partial charge in [0.15, 0.2) is 0 Å². The minimum absolute atomic E-state index is 0.00620. The molecule has 0 bridgehead atoms. The summed E-state index contributed by atoms with van der Waals surface area (Å²) < 4.78 is 0. The first kappa shape index (κ1) is 15.6. The zero-order chi connectivity index (χ0) is 14.6. The fourth-order valence-corrected chi connectivity index (χ4v) is 2.78. The molecule has 1 fully saturated rings. The van der Waals surface area contributed by atoms with Crippen molar-refractivity contribution in [2.24, 2.45) is 0 Å². The Morgan fingerprint density at radius 3 is 2.37 bits per heavy atom. The van der Waals surface area contributed by atoms with Crippen molar-refractivity contribution in [1.29, 1.82) is 0 Å². The first-order chi connectivity index (χ1) is 8.97. The second-order valence-electron chi connectivity index (χ2n) is 5.17. The topological polar surface area (TPSA) is 49.4 Å². The van der Waals surface area contributed by atoms with E-state index in [0.29, 0.717) is 25.7 Å². The second kappa shape index (κ2) is 6.10. The van der Waals surface area contributed by atoms with Crippen LogP contribution in [0.4, 0.5) is 0 Å². The zero-order valence-electron chi connectivity index (χ0n) is 12.3. The molecule has 106 valence electrons. The SMILES string of the molecule is C#CCC(C)N1C(=O)C(CC)(CC)NC(=O)C1CC. The van der Waals surface area contributed by atoms with Gasteiger partial charge < -0.3 is 10.2 Å². The summed E-state index contributed by atoms with van der Waals surface area (Å²) in [5, 5.41) is 2.93. The average Bonchev–Trinajstić information content (AvgIpc) is 2.40. The molecular formula is C15H24N2O2. The maximum Gasteiger partial charge on any atom is 0.249 e. The lowest BCUT2D eigenvalue weighted by Gasteiger charge is -2.47. The van der Waals surface area contributed by atoms with E-state index in [0.717, 1.165) is 0 Å². The summed E-state index contributed by atoms with van der Waals surface area (Å²) in [7, 11) is 0. The van der Waals surface area contributed by atoms with E-state index in [2.05, 4.69) is 11.2 Å². The Hall–Kier alpha value is -1.50. The lowest BCUT2D eigenvalue weighted by Crippen LogP contribution is -2.71. The first-order valence-electron chi connectivity index (χ1n) is 7.05. The molecule has 0 aromatic rings. The normalized spacial score (nSPS) is 23.7. The van der Waals surface area contributed by atoms with Crippen molar-refractivity contribution in [3.05, 3.63) is 0 Å². The highest BCUT2D eigenvalue weighted by Crippen LogP contribution is 2.28. The monoisotopic (exact) mass is 264 g/mol. The lowest BCUT2D eigenvalue weighted by molar-refractivity contribution is -0.158. The van der Waals surface area contributed by atoms with E-state index in [4.69, 9.17) is 6.42 Å². The van der Waals surface area contributed by atoms with Crippen molar-refractivity contribution in [1.82, 2.24) is 10.2 Å². The summed E-state index contributed by atoms with van der Waals surface area (Å²) >= 11 is 0. The van der Waals surface area contributed by atoms with Crippen LogP contribution in [0.1, 0.15) is 53.4 Å². The molecule has 1 N–H and O–H groups in total. The molecule has 1 aliphatic heterocycles. The number of carbonyl (C=O) groups is 2. The van der Waals surface area contributed by atoms with Crippen molar-refractivity contribution < 1.29 is 9.59 Å². The molecule has 1 heterocycles. The summed E-state index contributed by atoms with van der Waals surface area (Å²) in [5.41, 5.74) is -0.758. The number of amides is 2. The van der Waals surface area contributed by atoms with Crippen LogP contribution in [0, 0.1) is 12.3 Å². The van der Waals surface area contributed by atoms with Gasteiger partial charge in [-0.15, -0.1) is 12.3 Å². The standard InChI is InChI=1S/C15H24N2O2/c1-6-10-11(5)17-12(7-2)13(18)16-15(8-3,9-4)14(17)19/h1,11-12H,7-10H2,2-5H3,(H,16,18).